The van der Waals surface area contributed by atoms with Gasteiger partial charge in [0.1, 0.15) is 5.01 Å². The summed E-state index contributed by atoms with van der Waals surface area (Å²) in [6, 6.07) is 23.7. The fourth-order valence-electron chi connectivity index (χ4n) is 2.79. The second kappa shape index (κ2) is 8.98. The van der Waals surface area contributed by atoms with Crippen molar-refractivity contribution in [2.24, 2.45) is 0 Å². The van der Waals surface area contributed by atoms with Crippen molar-refractivity contribution >= 4 is 67.4 Å². The van der Waals surface area contributed by atoms with Crippen LogP contribution in [0.25, 0.3) is 20.8 Å². The summed E-state index contributed by atoms with van der Waals surface area (Å²) in [4.78, 5) is 16.9. The molecule has 0 fully saturated rings. The molecule has 0 atom stereocenters. The van der Waals surface area contributed by atoms with Crippen LogP contribution in [0.4, 0.5) is 0 Å². The molecular weight excluding hydrogens is 513 g/mol. The fourth-order valence-corrected chi connectivity index (χ4v) is 4.47. The van der Waals surface area contributed by atoms with E-state index in [4.69, 9.17) is 12.2 Å². The molecule has 0 spiro atoms. The standard InChI is InChI=1S/C22H16IN3OS2/c23-17-5-3-4-16(12-17)20(27)26-22(28)24-13-14-8-10-15(11-9-14)21-25-18-6-1-2-7-19(18)29-21/h1-12H,13H2,(H2,24,26,27,28). The number of amides is 1. The number of carbonyl (C=O) groups excluding carboxylic acids is 1. The Morgan fingerprint density at radius 3 is 2.59 bits per heavy atom. The highest BCUT2D eigenvalue weighted by molar-refractivity contribution is 14.1. The molecule has 4 rings (SSSR count). The van der Waals surface area contributed by atoms with E-state index in [0.717, 1.165) is 25.2 Å². The van der Waals surface area contributed by atoms with Gasteiger partial charge in [0.25, 0.3) is 5.91 Å². The summed E-state index contributed by atoms with van der Waals surface area (Å²) in [5.74, 6) is -0.216. The molecule has 7 heteroatoms. The van der Waals surface area contributed by atoms with Gasteiger partial charge in [-0.05, 0) is 70.7 Å². The van der Waals surface area contributed by atoms with Crippen molar-refractivity contribution in [3.63, 3.8) is 0 Å². The number of benzene rings is 3. The number of fused-ring (bicyclic) bond motifs is 1. The molecule has 0 aliphatic heterocycles. The van der Waals surface area contributed by atoms with E-state index in [1.165, 1.54) is 4.70 Å². The van der Waals surface area contributed by atoms with Crippen LogP contribution in [0.5, 0.6) is 0 Å². The van der Waals surface area contributed by atoms with Crippen LogP contribution in [0.2, 0.25) is 0 Å². The number of carbonyl (C=O) groups is 1. The molecule has 0 radical (unpaired) electrons. The zero-order valence-electron chi connectivity index (χ0n) is 15.2. The van der Waals surface area contributed by atoms with Gasteiger partial charge in [0.05, 0.1) is 10.2 Å². The Balaban J connectivity index is 1.35. The van der Waals surface area contributed by atoms with E-state index in [1.54, 1.807) is 17.4 Å². The van der Waals surface area contributed by atoms with E-state index < -0.39 is 0 Å². The molecule has 4 nitrogen and oxygen atoms in total. The SMILES string of the molecule is O=C(NC(=S)NCc1ccc(-c2nc3ccccc3s2)cc1)c1cccc(I)c1. The van der Waals surface area contributed by atoms with E-state index in [1.807, 2.05) is 48.5 Å². The van der Waals surface area contributed by atoms with Gasteiger partial charge in [0, 0.05) is 21.2 Å². The van der Waals surface area contributed by atoms with Gasteiger partial charge in [-0.3, -0.25) is 10.1 Å². The van der Waals surface area contributed by atoms with Gasteiger partial charge in [0.2, 0.25) is 0 Å². The van der Waals surface area contributed by atoms with Crippen molar-refractivity contribution in [3.05, 3.63) is 87.5 Å². The summed E-state index contributed by atoms with van der Waals surface area (Å²) in [6.45, 7) is 0.533. The lowest BCUT2D eigenvalue weighted by atomic mass is 10.1. The monoisotopic (exact) mass is 529 g/mol. The van der Waals surface area contributed by atoms with Gasteiger partial charge in [0.15, 0.2) is 5.11 Å². The number of thiocarbonyl (C=S) groups is 1. The van der Waals surface area contributed by atoms with Gasteiger partial charge in [-0.25, -0.2) is 4.98 Å². The molecule has 1 amide bonds. The lowest BCUT2D eigenvalue weighted by molar-refractivity contribution is 0.0976. The molecule has 2 N–H and O–H groups in total. The van der Waals surface area contributed by atoms with Gasteiger partial charge in [-0.15, -0.1) is 11.3 Å². The average Bonchev–Trinajstić information content (AvgIpc) is 3.17. The molecule has 0 aliphatic carbocycles. The molecule has 4 aromatic rings. The number of rotatable bonds is 4. The van der Waals surface area contributed by atoms with E-state index in [2.05, 4.69) is 56.4 Å². The Hall–Kier alpha value is -2.36. The summed E-state index contributed by atoms with van der Waals surface area (Å²) in [7, 11) is 0. The molecule has 0 saturated heterocycles. The third kappa shape index (κ3) is 4.98. The lowest BCUT2D eigenvalue weighted by Gasteiger charge is -2.10. The summed E-state index contributed by atoms with van der Waals surface area (Å²) < 4.78 is 2.18. The van der Waals surface area contributed by atoms with E-state index >= 15 is 0 Å². The van der Waals surface area contributed by atoms with Crippen molar-refractivity contribution in [3.8, 4) is 10.6 Å². The van der Waals surface area contributed by atoms with Gasteiger partial charge >= 0.3 is 0 Å². The first-order valence-corrected chi connectivity index (χ1v) is 11.2. The third-order valence-corrected chi connectivity index (χ3v) is 6.26. The number of hydrogen-bond donors (Lipinski definition) is 2. The lowest BCUT2D eigenvalue weighted by Crippen LogP contribution is -2.38. The highest BCUT2D eigenvalue weighted by atomic mass is 127. The van der Waals surface area contributed by atoms with Crippen LogP contribution in [0.15, 0.2) is 72.8 Å². The average molecular weight is 529 g/mol. The second-order valence-electron chi connectivity index (χ2n) is 6.33. The summed E-state index contributed by atoms with van der Waals surface area (Å²) >= 11 is 9.11. The number of halogens is 1. The van der Waals surface area contributed by atoms with Crippen molar-refractivity contribution in [2.45, 2.75) is 6.54 Å². The number of para-hydroxylation sites is 1. The molecule has 3 aromatic carbocycles. The maximum Gasteiger partial charge on any atom is 0.257 e. The highest BCUT2D eigenvalue weighted by Gasteiger charge is 2.09. The Kier molecular flexibility index (Phi) is 6.17. The molecule has 144 valence electrons. The van der Waals surface area contributed by atoms with Gasteiger partial charge < -0.3 is 5.32 Å². The Morgan fingerprint density at radius 1 is 1.03 bits per heavy atom. The quantitative estimate of drug-likeness (QED) is 0.276. The Bertz CT molecular complexity index is 1160. The van der Waals surface area contributed by atoms with Crippen molar-refractivity contribution in [1.29, 1.82) is 0 Å². The van der Waals surface area contributed by atoms with Crippen molar-refractivity contribution in [2.75, 3.05) is 0 Å². The maximum absolute atomic E-state index is 12.2. The van der Waals surface area contributed by atoms with E-state index in [0.29, 0.717) is 17.2 Å². The number of aromatic nitrogens is 1. The summed E-state index contributed by atoms with van der Waals surface area (Å²) in [5, 5.41) is 7.11. The van der Waals surface area contributed by atoms with E-state index in [-0.39, 0.29) is 5.91 Å². The van der Waals surface area contributed by atoms with Gasteiger partial charge in [-0.1, -0.05) is 42.5 Å². The first kappa shape index (κ1) is 19.9. The van der Waals surface area contributed by atoms with Crippen LogP contribution in [0, 0.1) is 3.57 Å². The Labute approximate surface area is 191 Å². The van der Waals surface area contributed by atoms with Crippen LogP contribution >= 0.6 is 46.1 Å². The minimum atomic E-state index is -0.216. The van der Waals surface area contributed by atoms with Crippen molar-refractivity contribution < 1.29 is 4.79 Å². The number of nitrogens with one attached hydrogen (secondary N) is 2. The summed E-state index contributed by atoms with van der Waals surface area (Å²) in [5.41, 5.74) is 3.76. The number of hydrogen-bond acceptors (Lipinski definition) is 4. The normalized spacial score (nSPS) is 10.7. The molecule has 29 heavy (non-hydrogen) atoms. The minimum Gasteiger partial charge on any atom is -0.358 e. The van der Waals surface area contributed by atoms with Crippen LogP contribution < -0.4 is 10.6 Å². The topological polar surface area (TPSA) is 54.0 Å². The molecule has 0 unspecified atom stereocenters. The predicted octanol–water partition coefficient (Wildman–Crippen LogP) is 5.37. The number of thiazole rings is 1. The zero-order valence-corrected chi connectivity index (χ0v) is 19.0. The van der Waals surface area contributed by atoms with E-state index in [9.17, 15) is 4.79 Å². The molecule has 1 aromatic heterocycles. The summed E-state index contributed by atoms with van der Waals surface area (Å²) in [6.07, 6.45) is 0. The van der Waals surface area contributed by atoms with Crippen LogP contribution in [0.1, 0.15) is 15.9 Å². The largest absolute Gasteiger partial charge is 0.358 e. The first-order valence-electron chi connectivity index (χ1n) is 8.88. The predicted molar refractivity (Wildman–Crippen MR) is 131 cm³/mol. The smallest absolute Gasteiger partial charge is 0.257 e. The minimum absolute atomic E-state index is 0.216. The second-order valence-corrected chi connectivity index (χ2v) is 9.02. The molecular formula is C22H16IN3OS2. The molecule has 0 aliphatic rings. The fraction of sp³-hybridized carbons (Fsp3) is 0.0455. The molecule has 1 heterocycles. The van der Waals surface area contributed by atoms with Crippen LogP contribution in [0.3, 0.4) is 0 Å². The number of nitrogens with zero attached hydrogens (tertiary/aromatic N) is 1. The van der Waals surface area contributed by atoms with Crippen LogP contribution in [-0.4, -0.2) is 16.0 Å². The zero-order chi connectivity index (χ0) is 20.2. The maximum atomic E-state index is 12.2. The Morgan fingerprint density at radius 2 is 1.83 bits per heavy atom. The van der Waals surface area contributed by atoms with Gasteiger partial charge in [-0.2, -0.15) is 0 Å². The molecule has 0 saturated carbocycles. The molecule has 0 bridgehead atoms. The van der Waals surface area contributed by atoms with Crippen molar-refractivity contribution in [1.82, 2.24) is 15.6 Å². The third-order valence-electron chi connectivity index (χ3n) is 4.26. The first-order chi connectivity index (χ1) is 14.1. The highest BCUT2D eigenvalue weighted by Crippen LogP contribution is 2.29. The van der Waals surface area contributed by atoms with Crippen LogP contribution in [-0.2, 0) is 6.54 Å².